The van der Waals surface area contributed by atoms with Crippen LogP contribution in [-0.2, 0) is 0 Å². The van der Waals surface area contributed by atoms with Crippen molar-refractivity contribution < 1.29 is 0 Å². The molecule has 5 heteroatoms. The molecule has 2 rings (SSSR count). The van der Waals surface area contributed by atoms with Gasteiger partial charge in [0, 0.05) is 0 Å². The van der Waals surface area contributed by atoms with Crippen molar-refractivity contribution in [3.05, 3.63) is 47.4 Å². The van der Waals surface area contributed by atoms with Gasteiger partial charge in [-0.25, -0.2) is 4.98 Å². The van der Waals surface area contributed by atoms with E-state index in [9.17, 15) is 0 Å². The summed E-state index contributed by atoms with van der Waals surface area (Å²) in [7, 11) is 0. The fraction of sp³-hybridized carbons (Fsp3) is 0. The van der Waals surface area contributed by atoms with Gasteiger partial charge in [-0.2, -0.15) is 5.26 Å². The Morgan fingerprint density at radius 3 is 2.81 bits per heavy atom. The molecule has 0 saturated heterocycles. The summed E-state index contributed by atoms with van der Waals surface area (Å²) in [6, 6.07) is 9.24. The predicted octanol–water partition coefficient (Wildman–Crippen LogP) is 2.75. The highest BCUT2D eigenvalue weighted by atomic mass is 35.5. The number of benzene rings is 1. The smallest absolute Gasteiger partial charge is 0.150 e. The molecule has 0 radical (unpaired) electrons. The average Bonchev–Trinajstić information content (AvgIpc) is 2.30. The summed E-state index contributed by atoms with van der Waals surface area (Å²) in [4.78, 5) is 7.92. The third kappa shape index (κ3) is 2.27. The van der Waals surface area contributed by atoms with Gasteiger partial charge in [0.2, 0.25) is 0 Å². The first kappa shape index (κ1) is 10.4. The Hall–Kier alpha value is -2.12. The second-order valence-electron chi connectivity index (χ2n) is 3.01. The van der Waals surface area contributed by atoms with Crippen LogP contribution in [0.3, 0.4) is 0 Å². The minimum atomic E-state index is 0.305. The zero-order valence-electron chi connectivity index (χ0n) is 8.18. The first-order valence-electron chi connectivity index (χ1n) is 4.53. The normalized spacial score (nSPS) is 9.50. The minimum absolute atomic E-state index is 0.305. The van der Waals surface area contributed by atoms with Gasteiger partial charge in [0.1, 0.15) is 11.2 Å². The van der Waals surface area contributed by atoms with Gasteiger partial charge in [0.15, 0.2) is 5.82 Å². The van der Waals surface area contributed by atoms with E-state index in [1.165, 1.54) is 6.20 Å². The molecule has 0 amide bonds. The van der Waals surface area contributed by atoms with Crippen LogP contribution in [0, 0.1) is 11.3 Å². The van der Waals surface area contributed by atoms with Crippen LogP contribution < -0.4 is 5.32 Å². The zero-order chi connectivity index (χ0) is 11.4. The van der Waals surface area contributed by atoms with E-state index >= 15 is 0 Å². The van der Waals surface area contributed by atoms with Crippen LogP contribution >= 0.6 is 11.6 Å². The van der Waals surface area contributed by atoms with Gasteiger partial charge in [0.25, 0.3) is 0 Å². The van der Waals surface area contributed by atoms with Gasteiger partial charge in [-0.05, 0) is 12.1 Å². The maximum absolute atomic E-state index is 8.90. The Labute approximate surface area is 97.5 Å². The molecule has 16 heavy (non-hydrogen) atoms. The molecular formula is C11H7ClN4. The number of hydrogen-bond acceptors (Lipinski definition) is 4. The maximum atomic E-state index is 8.90. The van der Waals surface area contributed by atoms with E-state index in [0.717, 1.165) is 0 Å². The number of rotatable bonds is 2. The second-order valence-corrected chi connectivity index (χ2v) is 3.40. The van der Waals surface area contributed by atoms with Crippen LogP contribution in [-0.4, -0.2) is 9.97 Å². The molecule has 0 aliphatic rings. The van der Waals surface area contributed by atoms with Crippen LogP contribution in [0.15, 0.2) is 36.7 Å². The quantitative estimate of drug-likeness (QED) is 0.862. The molecule has 1 N–H and O–H groups in total. The molecule has 0 aliphatic carbocycles. The average molecular weight is 231 g/mol. The largest absolute Gasteiger partial charge is 0.338 e. The summed E-state index contributed by atoms with van der Waals surface area (Å²) in [5.41, 5.74) is 1.23. The highest BCUT2D eigenvalue weighted by Gasteiger charge is 2.02. The van der Waals surface area contributed by atoms with Gasteiger partial charge in [-0.1, -0.05) is 23.7 Å². The number of aromatic nitrogens is 2. The zero-order valence-corrected chi connectivity index (χ0v) is 8.94. The molecule has 1 aromatic carbocycles. The Bertz CT molecular complexity index is 548. The van der Waals surface area contributed by atoms with Crippen LogP contribution in [0.4, 0.5) is 11.5 Å². The van der Waals surface area contributed by atoms with E-state index in [1.807, 2.05) is 6.07 Å². The van der Waals surface area contributed by atoms with Crippen LogP contribution in [0.1, 0.15) is 5.56 Å². The summed E-state index contributed by atoms with van der Waals surface area (Å²) in [5.74, 6) is 0.509. The van der Waals surface area contributed by atoms with E-state index in [0.29, 0.717) is 22.2 Å². The molecular weight excluding hydrogens is 224 g/mol. The highest BCUT2D eigenvalue weighted by molar-refractivity contribution is 6.29. The summed E-state index contributed by atoms with van der Waals surface area (Å²) < 4.78 is 0. The molecule has 1 aromatic heterocycles. The molecule has 0 aliphatic heterocycles. The molecule has 0 spiro atoms. The van der Waals surface area contributed by atoms with Gasteiger partial charge < -0.3 is 5.32 Å². The first-order valence-corrected chi connectivity index (χ1v) is 4.91. The monoisotopic (exact) mass is 230 g/mol. The lowest BCUT2D eigenvalue weighted by Gasteiger charge is -2.06. The van der Waals surface area contributed by atoms with Crippen LogP contribution in [0.2, 0.25) is 5.15 Å². The Morgan fingerprint density at radius 2 is 2.06 bits per heavy atom. The summed E-state index contributed by atoms with van der Waals surface area (Å²) >= 11 is 5.71. The lowest BCUT2D eigenvalue weighted by atomic mass is 10.2. The van der Waals surface area contributed by atoms with Crippen molar-refractivity contribution in [1.82, 2.24) is 9.97 Å². The molecule has 0 saturated carbocycles. The van der Waals surface area contributed by atoms with E-state index in [1.54, 1.807) is 24.4 Å². The Morgan fingerprint density at radius 1 is 1.25 bits per heavy atom. The number of nitrogens with one attached hydrogen (secondary N) is 1. The molecule has 0 bridgehead atoms. The molecule has 78 valence electrons. The van der Waals surface area contributed by atoms with Gasteiger partial charge >= 0.3 is 0 Å². The number of anilines is 2. The lowest BCUT2D eigenvalue weighted by molar-refractivity contribution is 1.20. The number of para-hydroxylation sites is 1. The fourth-order valence-corrected chi connectivity index (χ4v) is 1.38. The molecule has 4 nitrogen and oxygen atoms in total. The SMILES string of the molecule is N#Cc1ccccc1Nc1cncc(Cl)n1. The number of halogens is 1. The van der Waals surface area contributed by atoms with Crippen molar-refractivity contribution >= 4 is 23.1 Å². The van der Waals surface area contributed by atoms with Crippen molar-refractivity contribution in [1.29, 1.82) is 5.26 Å². The Kier molecular flexibility index (Phi) is 2.99. The third-order valence-electron chi connectivity index (χ3n) is 1.92. The van der Waals surface area contributed by atoms with Crippen molar-refractivity contribution in [3.63, 3.8) is 0 Å². The van der Waals surface area contributed by atoms with Crippen molar-refractivity contribution in [3.8, 4) is 6.07 Å². The summed E-state index contributed by atoms with van der Waals surface area (Å²) in [6.45, 7) is 0. The van der Waals surface area contributed by atoms with E-state index < -0.39 is 0 Å². The van der Waals surface area contributed by atoms with E-state index in [-0.39, 0.29) is 0 Å². The second kappa shape index (κ2) is 4.60. The predicted molar refractivity (Wildman–Crippen MR) is 61.5 cm³/mol. The number of nitriles is 1. The van der Waals surface area contributed by atoms with Crippen LogP contribution in [0.25, 0.3) is 0 Å². The van der Waals surface area contributed by atoms with Gasteiger partial charge in [0.05, 0.1) is 23.6 Å². The minimum Gasteiger partial charge on any atom is -0.338 e. The summed E-state index contributed by atoms with van der Waals surface area (Å²) in [5, 5.41) is 12.2. The standard InChI is InChI=1S/C11H7ClN4/c12-10-6-14-7-11(16-10)15-9-4-2-1-3-8(9)5-13/h1-4,6-7H,(H,15,16). The maximum Gasteiger partial charge on any atom is 0.150 e. The van der Waals surface area contributed by atoms with E-state index in [2.05, 4.69) is 21.4 Å². The Balaban J connectivity index is 2.31. The van der Waals surface area contributed by atoms with Crippen molar-refractivity contribution in [2.24, 2.45) is 0 Å². The highest BCUT2D eigenvalue weighted by Crippen LogP contribution is 2.18. The molecule has 2 aromatic rings. The molecule has 1 heterocycles. The van der Waals surface area contributed by atoms with Gasteiger partial charge in [-0.3, -0.25) is 4.98 Å². The third-order valence-corrected chi connectivity index (χ3v) is 2.10. The first-order chi connectivity index (χ1) is 7.79. The van der Waals surface area contributed by atoms with Crippen LogP contribution in [0.5, 0.6) is 0 Å². The topological polar surface area (TPSA) is 61.6 Å². The number of nitrogens with zero attached hydrogens (tertiary/aromatic N) is 3. The molecule has 0 atom stereocenters. The fourth-order valence-electron chi connectivity index (χ4n) is 1.23. The van der Waals surface area contributed by atoms with E-state index in [4.69, 9.17) is 16.9 Å². The summed E-state index contributed by atoms with van der Waals surface area (Å²) in [6.07, 6.45) is 2.99. The molecule has 0 unspecified atom stereocenters. The molecule has 0 fully saturated rings. The van der Waals surface area contributed by atoms with Crippen molar-refractivity contribution in [2.45, 2.75) is 0 Å². The lowest BCUT2D eigenvalue weighted by Crippen LogP contribution is -1.96. The van der Waals surface area contributed by atoms with Gasteiger partial charge in [-0.15, -0.1) is 0 Å². The van der Waals surface area contributed by atoms with Crippen molar-refractivity contribution in [2.75, 3.05) is 5.32 Å². The number of hydrogen-bond donors (Lipinski definition) is 1.